The van der Waals surface area contributed by atoms with E-state index in [1.807, 2.05) is 0 Å². The second-order valence-corrected chi connectivity index (χ2v) is 3.81. The molecule has 1 N–H and O–H groups in total. The minimum Gasteiger partial charge on any atom is -0.377 e. The Morgan fingerprint density at radius 1 is 1.60 bits per heavy atom. The van der Waals surface area contributed by atoms with Crippen molar-refractivity contribution in [2.45, 2.75) is 31.1 Å². The van der Waals surface area contributed by atoms with Crippen molar-refractivity contribution in [3.05, 3.63) is 11.8 Å². The van der Waals surface area contributed by atoms with Crippen LogP contribution in [0.5, 0.6) is 0 Å². The lowest BCUT2D eigenvalue weighted by Crippen LogP contribution is -2.14. The van der Waals surface area contributed by atoms with E-state index in [-0.39, 0.29) is 0 Å². The normalized spacial score (nSPS) is 38.3. The third-order valence-corrected chi connectivity index (χ3v) is 2.74. The fourth-order valence-corrected chi connectivity index (χ4v) is 2.29. The van der Waals surface area contributed by atoms with Crippen molar-refractivity contribution < 1.29 is 0 Å². The van der Waals surface area contributed by atoms with Gasteiger partial charge in [-0.15, -0.1) is 0 Å². The summed E-state index contributed by atoms with van der Waals surface area (Å²) in [7, 11) is 0. The van der Waals surface area contributed by atoms with Gasteiger partial charge < -0.3 is 5.32 Å². The molecule has 1 saturated heterocycles. The fourth-order valence-electron chi connectivity index (χ4n) is 1.89. The quantitative estimate of drug-likeness (QED) is 0.509. The third-order valence-electron chi connectivity index (χ3n) is 2.40. The Morgan fingerprint density at radius 2 is 2.50 bits per heavy atom. The summed E-state index contributed by atoms with van der Waals surface area (Å²) in [5.74, 6) is 0.816. The first kappa shape index (κ1) is 6.59. The summed E-state index contributed by atoms with van der Waals surface area (Å²) in [6.45, 7) is 0. The summed E-state index contributed by atoms with van der Waals surface area (Å²) in [4.78, 5) is 0. The molecule has 0 aromatic heterocycles. The highest BCUT2D eigenvalue weighted by atomic mass is 32.1. The molecule has 2 atom stereocenters. The van der Waals surface area contributed by atoms with E-state index in [1.54, 1.807) is 0 Å². The molecule has 2 aliphatic rings. The van der Waals surface area contributed by atoms with Crippen LogP contribution in [0.25, 0.3) is 0 Å². The Balaban J connectivity index is 2.13. The summed E-state index contributed by atoms with van der Waals surface area (Å²) < 4.78 is 0. The molecule has 0 radical (unpaired) electrons. The van der Waals surface area contributed by atoms with Crippen LogP contribution in [0, 0.1) is 5.92 Å². The Hall–Kier alpha value is -0.110. The Morgan fingerprint density at radius 3 is 3.30 bits per heavy atom. The van der Waals surface area contributed by atoms with Gasteiger partial charge in [0.1, 0.15) is 0 Å². The molecule has 2 unspecified atom stereocenters. The van der Waals surface area contributed by atoms with Gasteiger partial charge in [-0.25, -0.2) is 0 Å². The average Bonchev–Trinajstić information content (AvgIpc) is 2.27. The molecule has 0 bridgehead atoms. The first-order valence-corrected chi connectivity index (χ1v) is 4.52. The maximum atomic E-state index is 4.39. The smallest absolute Gasteiger partial charge is 0.0696 e. The minimum atomic E-state index is 0.425. The summed E-state index contributed by atoms with van der Waals surface area (Å²) in [5, 5.41) is 3.81. The number of allylic oxidation sites excluding steroid dienone is 2. The number of nitrogens with one attached hydrogen (secondary N) is 1. The summed E-state index contributed by atoms with van der Waals surface area (Å²) >= 11 is 4.39. The van der Waals surface area contributed by atoms with Crippen LogP contribution in [0.15, 0.2) is 11.8 Å². The fraction of sp³-hybridized carbons (Fsp3) is 0.750. The van der Waals surface area contributed by atoms with Crippen molar-refractivity contribution in [1.29, 1.82) is 0 Å². The second-order valence-electron chi connectivity index (χ2n) is 3.18. The Labute approximate surface area is 67.3 Å². The molecule has 0 amide bonds. The number of hydrogen-bond acceptors (Lipinski definition) is 2. The van der Waals surface area contributed by atoms with Crippen LogP contribution in [0.3, 0.4) is 0 Å². The van der Waals surface area contributed by atoms with Crippen LogP contribution in [0.2, 0.25) is 0 Å². The van der Waals surface area contributed by atoms with Crippen molar-refractivity contribution in [2.75, 3.05) is 0 Å². The van der Waals surface area contributed by atoms with Crippen molar-refractivity contribution in [3.63, 3.8) is 0 Å². The molecule has 0 saturated carbocycles. The van der Waals surface area contributed by atoms with Crippen LogP contribution in [-0.4, -0.2) is 5.37 Å². The van der Waals surface area contributed by atoms with Gasteiger partial charge in [0.05, 0.1) is 5.37 Å². The van der Waals surface area contributed by atoms with Gasteiger partial charge in [-0.3, -0.25) is 0 Å². The predicted octanol–water partition coefficient (Wildman–Crippen LogP) is 1.92. The minimum absolute atomic E-state index is 0.425. The molecular formula is C8H13NS. The second kappa shape index (κ2) is 2.50. The van der Waals surface area contributed by atoms with Gasteiger partial charge in [-0.1, -0.05) is 6.08 Å². The monoisotopic (exact) mass is 155 g/mol. The van der Waals surface area contributed by atoms with E-state index in [4.69, 9.17) is 0 Å². The van der Waals surface area contributed by atoms with Crippen LogP contribution in [0.1, 0.15) is 25.7 Å². The van der Waals surface area contributed by atoms with E-state index >= 15 is 0 Å². The Kier molecular flexibility index (Phi) is 1.65. The van der Waals surface area contributed by atoms with Gasteiger partial charge in [0.2, 0.25) is 0 Å². The van der Waals surface area contributed by atoms with Crippen molar-refractivity contribution in [2.24, 2.45) is 5.92 Å². The number of thiol groups is 1. The summed E-state index contributed by atoms with van der Waals surface area (Å²) in [5.41, 5.74) is 1.46. The van der Waals surface area contributed by atoms with Crippen LogP contribution < -0.4 is 5.32 Å². The maximum Gasteiger partial charge on any atom is 0.0696 e. The zero-order valence-electron chi connectivity index (χ0n) is 6.01. The first-order chi connectivity index (χ1) is 4.86. The number of hydrogen-bond donors (Lipinski definition) is 2. The van der Waals surface area contributed by atoms with Gasteiger partial charge in [0.25, 0.3) is 0 Å². The maximum absolute atomic E-state index is 4.39. The van der Waals surface area contributed by atoms with Crippen LogP contribution >= 0.6 is 12.6 Å². The topological polar surface area (TPSA) is 12.0 Å². The van der Waals surface area contributed by atoms with Gasteiger partial charge in [-0.05, 0) is 25.7 Å². The average molecular weight is 155 g/mol. The van der Waals surface area contributed by atoms with E-state index in [2.05, 4.69) is 24.0 Å². The highest BCUT2D eigenvalue weighted by Crippen LogP contribution is 2.33. The first-order valence-electron chi connectivity index (χ1n) is 4.01. The zero-order chi connectivity index (χ0) is 6.97. The van der Waals surface area contributed by atoms with Crippen molar-refractivity contribution in [3.8, 4) is 0 Å². The summed E-state index contributed by atoms with van der Waals surface area (Å²) in [6.07, 6.45) is 7.57. The molecule has 2 heteroatoms. The van der Waals surface area contributed by atoms with Crippen molar-refractivity contribution in [1.82, 2.24) is 5.32 Å². The number of rotatable bonds is 0. The van der Waals surface area contributed by atoms with Gasteiger partial charge in [0, 0.05) is 11.6 Å². The third kappa shape index (κ3) is 1.05. The molecular weight excluding hydrogens is 142 g/mol. The predicted molar refractivity (Wildman–Crippen MR) is 46.0 cm³/mol. The molecule has 56 valence electrons. The van der Waals surface area contributed by atoms with Crippen molar-refractivity contribution >= 4 is 12.6 Å². The molecule has 1 heterocycles. The molecule has 0 aromatic rings. The van der Waals surface area contributed by atoms with E-state index in [0.29, 0.717) is 5.37 Å². The highest BCUT2D eigenvalue weighted by molar-refractivity contribution is 7.80. The molecule has 1 fully saturated rings. The molecule has 1 aliphatic heterocycles. The van der Waals surface area contributed by atoms with Crippen LogP contribution in [-0.2, 0) is 0 Å². The molecule has 2 rings (SSSR count). The molecule has 1 aliphatic carbocycles. The van der Waals surface area contributed by atoms with Gasteiger partial charge in [0.15, 0.2) is 0 Å². The van der Waals surface area contributed by atoms with E-state index in [1.165, 1.54) is 31.4 Å². The lowest BCUT2D eigenvalue weighted by molar-refractivity contribution is 0.527. The SMILES string of the molecule is SC1CC2CCCC=C2N1. The lowest BCUT2D eigenvalue weighted by Gasteiger charge is -2.14. The number of fused-ring (bicyclic) bond motifs is 1. The van der Waals surface area contributed by atoms with Crippen LogP contribution in [0.4, 0.5) is 0 Å². The zero-order valence-corrected chi connectivity index (χ0v) is 6.90. The largest absolute Gasteiger partial charge is 0.377 e. The van der Waals surface area contributed by atoms with Gasteiger partial charge >= 0.3 is 0 Å². The standard InChI is InChI=1S/C8H13NS/c10-8-5-6-3-1-2-4-7(6)9-8/h4,6,8-10H,1-3,5H2. The molecule has 0 aromatic carbocycles. The molecule has 0 spiro atoms. The highest BCUT2D eigenvalue weighted by Gasteiger charge is 2.27. The van der Waals surface area contributed by atoms with E-state index in [0.717, 1.165) is 5.92 Å². The van der Waals surface area contributed by atoms with E-state index in [9.17, 15) is 0 Å². The summed E-state index contributed by atoms with van der Waals surface area (Å²) in [6, 6.07) is 0. The lowest BCUT2D eigenvalue weighted by atomic mass is 9.93. The molecule has 10 heavy (non-hydrogen) atoms. The molecule has 1 nitrogen and oxygen atoms in total. The van der Waals surface area contributed by atoms with E-state index < -0.39 is 0 Å². The Bertz CT molecular complexity index is 165. The van der Waals surface area contributed by atoms with Gasteiger partial charge in [-0.2, -0.15) is 12.6 Å².